The molecular weight excluding hydrogens is 136 g/mol. The van der Waals surface area contributed by atoms with Gasteiger partial charge in [0.1, 0.15) is 0 Å². The average Bonchev–Trinajstić information content (AvgIpc) is 1.94. The Morgan fingerprint density at radius 3 is 2.73 bits per heavy atom. The van der Waals surface area contributed by atoms with Crippen LogP contribution in [0.5, 0.6) is 0 Å². The van der Waals surface area contributed by atoms with Gasteiger partial charge in [0, 0.05) is 6.42 Å². The summed E-state index contributed by atoms with van der Waals surface area (Å²) in [5.41, 5.74) is 12.1. The Hall–Kier alpha value is -0.600. The predicted octanol–water partition coefficient (Wildman–Crippen LogP) is 1.29. The van der Waals surface area contributed by atoms with Gasteiger partial charge in [0.15, 0.2) is 0 Å². The first-order chi connectivity index (χ1) is 5.14. The van der Waals surface area contributed by atoms with Gasteiger partial charge >= 0.3 is 0 Å². The summed E-state index contributed by atoms with van der Waals surface area (Å²) in [4.78, 5) is 0. The first-order valence-corrected chi connectivity index (χ1v) is 4.10. The third-order valence-corrected chi connectivity index (χ3v) is 1.86. The van der Waals surface area contributed by atoms with E-state index in [2.05, 4.69) is 13.0 Å². The fourth-order valence-electron chi connectivity index (χ4n) is 1.18. The fraction of sp³-hybridized carbons (Fsp3) is 0.556. The fourth-order valence-corrected chi connectivity index (χ4v) is 1.18. The lowest BCUT2D eigenvalue weighted by atomic mass is 9.96. The summed E-state index contributed by atoms with van der Waals surface area (Å²) >= 11 is 0. The monoisotopic (exact) mass is 152 g/mol. The molecule has 62 valence electrons. The Labute approximate surface area is 68.0 Å². The van der Waals surface area contributed by atoms with E-state index in [0.717, 1.165) is 12.8 Å². The molecular formula is C9H16N2. The highest BCUT2D eigenvalue weighted by Gasteiger charge is 2.15. The molecule has 0 atom stereocenters. The zero-order valence-electron chi connectivity index (χ0n) is 7.01. The first kappa shape index (κ1) is 8.50. The second-order valence-corrected chi connectivity index (χ2v) is 3.18. The maximum absolute atomic E-state index is 5.68. The van der Waals surface area contributed by atoms with E-state index in [4.69, 9.17) is 11.5 Å². The van der Waals surface area contributed by atoms with Crippen molar-refractivity contribution in [2.24, 2.45) is 11.5 Å². The van der Waals surface area contributed by atoms with E-state index in [1.54, 1.807) is 0 Å². The molecule has 0 saturated heterocycles. The molecule has 0 amide bonds. The molecule has 0 heterocycles. The molecule has 4 N–H and O–H groups in total. The smallest absolute Gasteiger partial charge is 0.0867 e. The summed E-state index contributed by atoms with van der Waals surface area (Å²) < 4.78 is 0. The van der Waals surface area contributed by atoms with Crippen LogP contribution in [0.2, 0.25) is 0 Å². The summed E-state index contributed by atoms with van der Waals surface area (Å²) in [5, 5.41) is 0. The minimum Gasteiger partial charge on any atom is -0.310 e. The lowest BCUT2D eigenvalue weighted by Gasteiger charge is -2.22. The lowest BCUT2D eigenvalue weighted by molar-refractivity contribution is 0.552. The van der Waals surface area contributed by atoms with Crippen molar-refractivity contribution in [1.29, 1.82) is 0 Å². The second kappa shape index (κ2) is 3.20. The Bertz CT molecular complexity index is 190. The van der Waals surface area contributed by atoms with Crippen molar-refractivity contribution in [2.45, 2.75) is 31.8 Å². The van der Waals surface area contributed by atoms with Crippen LogP contribution in [-0.2, 0) is 0 Å². The van der Waals surface area contributed by atoms with Crippen molar-refractivity contribution in [3.05, 3.63) is 23.8 Å². The van der Waals surface area contributed by atoms with E-state index in [1.807, 2.05) is 12.2 Å². The molecule has 0 aromatic rings. The molecule has 0 aliphatic heterocycles. The number of nitrogens with two attached hydrogens (primary N) is 2. The summed E-state index contributed by atoms with van der Waals surface area (Å²) in [6.45, 7) is 2.17. The van der Waals surface area contributed by atoms with Gasteiger partial charge in [-0.2, -0.15) is 0 Å². The van der Waals surface area contributed by atoms with E-state index >= 15 is 0 Å². The molecule has 11 heavy (non-hydrogen) atoms. The van der Waals surface area contributed by atoms with Crippen LogP contribution in [0.1, 0.15) is 26.2 Å². The van der Waals surface area contributed by atoms with Gasteiger partial charge in [-0.3, -0.25) is 0 Å². The molecule has 1 rings (SSSR count). The third kappa shape index (κ3) is 2.48. The van der Waals surface area contributed by atoms with Crippen LogP contribution in [0.25, 0.3) is 0 Å². The minimum atomic E-state index is -0.600. The summed E-state index contributed by atoms with van der Waals surface area (Å²) in [7, 11) is 0. The SMILES string of the molecule is CCCC1=CCC(N)(N)C=C1. The van der Waals surface area contributed by atoms with Gasteiger partial charge in [0.25, 0.3) is 0 Å². The third-order valence-electron chi connectivity index (χ3n) is 1.86. The molecule has 0 spiro atoms. The lowest BCUT2D eigenvalue weighted by Crippen LogP contribution is -2.47. The van der Waals surface area contributed by atoms with Gasteiger partial charge in [0.2, 0.25) is 0 Å². The Kier molecular flexibility index (Phi) is 2.47. The van der Waals surface area contributed by atoms with Crippen LogP contribution < -0.4 is 11.5 Å². The topological polar surface area (TPSA) is 52.0 Å². The summed E-state index contributed by atoms with van der Waals surface area (Å²) in [6, 6.07) is 0. The number of rotatable bonds is 2. The molecule has 1 aliphatic carbocycles. The van der Waals surface area contributed by atoms with Crippen molar-refractivity contribution in [1.82, 2.24) is 0 Å². The quantitative estimate of drug-likeness (QED) is 0.586. The molecule has 2 heteroatoms. The number of hydrogen-bond acceptors (Lipinski definition) is 2. The van der Waals surface area contributed by atoms with Crippen molar-refractivity contribution in [2.75, 3.05) is 0 Å². The molecule has 2 nitrogen and oxygen atoms in total. The van der Waals surface area contributed by atoms with E-state index < -0.39 is 5.66 Å². The van der Waals surface area contributed by atoms with Crippen molar-refractivity contribution >= 4 is 0 Å². The van der Waals surface area contributed by atoms with E-state index in [-0.39, 0.29) is 0 Å². The molecule has 1 aliphatic rings. The van der Waals surface area contributed by atoms with Gasteiger partial charge in [0.05, 0.1) is 5.66 Å². The number of allylic oxidation sites excluding steroid dienone is 2. The Morgan fingerprint density at radius 1 is 1.55 bits per heavy atom. The predicted molar refractivity (Wildman–Crippen MR) is 47.9 cm³/mol. The van der Waals surface area contributed by atoms with E-state index in [9.17, 15) is 0 Å². The molecule has 0 aromatic carbocycles. The molecule has 0 saturated carbocycles. The minimum absolute atomic E-state index is 0.600. The maximum atomic E-state index is 5.68. The van der Waals surface area contributed by atoms with Gasteiger partial charge in [-0.1, -0.05) is 31.1 Å². The van der Waals surface area contributed by atoms with Crippen molar-refractivity contribution in [3.8, 4) is 0 Å². The van der Waals surface area contributed by atoms with Crippen molar-refractivity contribution in [3.63, 3.8) is 0 Å². The highest BCUT2D eigenvalue weighted by Crippen LogP contribution is 2.17. The molecule has 0 radical (unpaired) electrons. The van der Waals surface area contributed by atoms with E-state index in [0.29, 0.717) is 0 Å². The zero-order chi connectivity index (χ0) is 8.32. The summed E-state index contributed by atoms with van der Waals surface area (Å²) in [6.07, 6.45) is 9.12. The highest BCUT2D eigenvalue weighted by molar-refractivity contribution is 5.27. The highest BCUT2D eigenvalue weighted by atomic mass is 14.9. The standard InChI is InChI=1S/C9H16N2/c1-2-3-8-4-6-9(10,11)7-5-8/h4-6H,2-3,7,10-11H2,1H3. The second-order valence-electron chi connectivity index (χ2n) is 3.18. The van der Waals surface area contributed by atoms with Gasteiger partial charge in [-0.05, 0) is 12.5 Å². The van der Waals surface area contributed by atoms with Crippen LogP contribution in [-0.4, -0.2) is 5.66 Å². The Balaban J connectivity index is 2.53. The number of hydrogen-bond donors (Lipinski definition) is 2. The van der Waals surface area contributed by atoms with Crippen molar-refractivity contribution < 1.29 is 0 Å². The zero-order valence-corrected chi connectivity index (χ0v) is 7.01. The first-order valence-electron chi connectivity index (χ1n) is 4.10. The maximum Gasteiger partial charge on any atom is 0.0867 e. The van der Waals surface area contributed by atoms with Crippen LogP contribution in [0, 0.1) is 0 Å². The molecule has 0 bridgehead atoms. The average molecular weight is 152 g/mol. The van der Waals surface area contributed by atoms with Gasteiger partial charge < -0.3 is 11.5 Å². The molecule has 0 aromatic heterocycles. The van der Waals surface area contributed by atoms with Crippen LogP contribution >= 0.6 is 0 Å². The van der Waals surface area contributed by atoms with Crippen LogP contribution in [0.15, 0.2) is 23.8 Å². The summed E-state index contributed by atoms with van der Waals surface area (Å²) in [5.74, 6) is 0. The molecule has 0 fully saturated rings. The molecule has 0 unspecified atom stereocenters. The van der Waals surface area contributed by atoms with E-state index in [1.165, 1.54) is 12.0 Å². The van der Waals surface area contributed by atoms with Crippen LogP contribution in [0.3, 0.4) is 0 Å². The van der Waals surface area contributed by atoms with Gasteiger partial charge in [-0.15, -0.1) is 0 Å². The van der Waals surface area contributed by atoms with Crippen LogP contribution in [0.4, 0.5) is 0 Å². The van der Waals surface area contributed by atoms with Gasteiger partial charge in [-0.25, -0.2) is 0 Å². The normalized spacial score (nSPS) is 21.5. The Morgan fingerprint density at radius 2 is 2.27 bits per heavy atom. The largest absolute Gasteiger partial charge is 0.310 e.